The molecule has 0 saturated carbocycles. The zero-order chi connectivity index (χ0) is 14.1. The van der Waals surface area contributed by atoms with Crippen LogP contribution in [-0.4, -0.2) is 26.9 Å². The lowest BCUT2D eigenvalue weighted by molar-refractivity contribution is 0.0922. The SMILES string of the molecule is CNCc1cc(C)ccc1OCCOCCC(C)C. The highest BCUT2D eigenvalue weighted by Crippen LogP contribution is 2.19. The fourth-order valence-electron chi connectivity index (χ4n) is 1.81. The number of hydrogen-bond acceptors (Lipinski definition) is 3. The van der Waals surface area contributed by atoms with E-state index in [9.17, 15) is 0 Å². The van der Waals surface area contributed by atoms with E-state index in [1.807, 2.05) is 13.1 Å². The van der Waals surface area contributed by atoms with Crippen LogP contribution >= 0.6 is 0 Å². The van der Waals surface area contributed by atoms with E-state index in [-0.39, 0.29) is 0 Å². The molecule has 0 radical (unpaired) electrons. The summed E-state index contributed by atoms with van der Waals surface area (Å²) in [6, 6.07) is 6.27. The molecule has 0 bridgehead atoms. The highest BCUT2D eigenvalue weighted by molar-refractivity contribution is 5.36. The molecular weight excluding hydrogens is 238 g/mol. The van der Waals surface area contributed by atoms with Gasteiger partial charge in [-0.3, -0.25) is 0 Å². The highest BCUT2D eigenvalue weighted by atomic mass is 16.5. The Kier molecular flexibility index (Phi) is 7.53. The van der Waals surface area contributed by atoms with Crippen LogP contribution in [0.3, 0.4) is 0 Å². The van der Waals surface area contributed by atoms with Crippen LogP contribution in [0.4, 0.5) is 0 Å². The van der Waals surface area contributed by atoms with Gasteiger partial charge in [0.05, 0.1) is 6.61 Å². The van der Waals surface area contributed by atoms with Crippen molar-refractivity contribution >= 4 is 0 Å². The van der Waals surface area contributed by atoms with Gasteiger partial charge in [0.1, 0.15) is 12.4 Å². The third-order valence-electron chi connectivity index (χ3n) is 2.91. The van der Waals surface area contributed by atoms with Crippen molar-refractivity contribution in [3.8, 4) is 5.75 Å². The predicted octanol–water partition coefficient (Wildman–Crippen LogP) is 3.16. The zero-order valence-corrected chi connectivity index (χ0v) is 12.7. The summed E-state index contributed by atoms with van der Waals surface area (Å²) < 4.78 is 11.3. The molecule has 0 aliphatic heterocycles. The van der Waals surface area contributed by atoms with Gasteiger partial charge in [-0.05, 0) is 32.4 Å². The number of rotatable bonds is 9. The van der Waals surface area contributed by atoms with E-state index in [0.717, 1.165) is 25.3 Å². The minimum absolute atomic E-state index is 0.609. The molecule has 19 heavy (non-hydrogen) atoms. The molecule has 0 aromatic heterocycles. The van der Waals surface area contributed by atoms with Crippen LogP contribution in [0.15, 0.2) is 18.2 Å². The summed E-state index contributed by atoms with van der Waals surface area (Å²) in [4.78, 5) is 0. The van der Waals surface area contributed by atoms with E-state index in [4.69, 9.17) is 9.47 Å². The Morgan fingerprint density at radius 2 is 1.95 bits per heavy atom. The Hall–Kier alpha value is -1.06. The second kappa shape index (κ2) is 8.94. The first-order valence-electron chi connectivity index (χ1n) is 7.08. The lowest BCUT2D eigenvalue weighted by Crippen LogP contribution is -2.12. The molecule has 0 spiro atoms. The van der Waals surface area contributed by atoms with Gasteiger partial charge in [0, 0.05) is 18.7 Å². The van der Waals surface area contributed by atoms with Crippen molar-refractivity contribution in [3.63, 3.8) is 0 Å². The van der Waals surface area contributed by atoms with Gasteiger partial charge in [0.25, 0.3) is 0 Å². The topological polar surface area (TPSA) is 30.5 Å². The molecule has 0 aliphatic carbocycles. The molecule has 0 aliphatic rings. The van der Waals surface area contributed by atoms with Crippen LogP contribution in [0.1, 0.15) is 31.4 Å². The average Bonchev–Trinajstić information content (AvgIpc) is 2.36. The van der Waals surface area contributed by atoms with Gasteiger partial charge in [0.15, 0.2) is 0 Å². The molecule has 108 valence electrons. The summed E-state index contributed by atoms with van der Waals surface area (Å²) in [7, 11) is 1.95. The summed E-state index contributed by atoms with van der Waals surface area (Å²) >= 11 is 0. The van der Waals surface area contributed by atoms with Crippen molar-refractivity contribution < 1.29 is 9.47 Å². The maximum Gasteiger partial charge on any atom is 0.123 e. The largest absolute Gasteiger partial charge is 0.491 e. The quantitative estimate of drug-likeness (QED) is 0.696. The van der Waals surface area contributed by atoms with E-state index in [2.05, 4.69) is 38.2 Å². The molecular formula is C16H27NO2. The van der Waals surface area contributed by atoms with E-state index >= 15 is 0 Å². The Labute approximate surface area is 117 Å². The number of hydrogen-bond donors (Lipinski definition) is 1. The van der Waals surface area contributed by atoms with Crippen LogP contribution in [-0.2, 0) is 11.3 Å². The molecule has 0 heterocycles. The van der Waals surface area contributed by atoms with Gasteiger partial charge in [0.2, 0.25) is 0 Å². The number of aryl methyl sites for hydroxylation is 1. The number of ether oxygens (including phenoxy) is 2. The van der Waals surface area contributed by atoms with Gasteiger partial charge in [-0.1, -0.05) is 31.5 Å². The Morgan fingerprint density at radius 1 is 1.16 bits per heavy atom. The molecule has 0 fully saturated rings. The van der Waals surface area contributed by atoms with Crippen LogP contribution in [0, 0.1) is 12.8 Å². The number of benzene rings is 1. The highest BCUT2D eigenvalue weighted by Gasteiger charge is 2.03. The van der Waals surface area contributed by atoms with Gasteiger partial charge >= 0.3 is 0 Å². The zero-order valence-electron chi connectivity index (χ0n) is 12.7. The molecule has 0 unspecified atom stereocenters. The first-order valence-corrected chi connectivity index (χ1v) is 7.08. The molecule has 1 N–H and O–H groups in total. The van der Waals surface area contributed by atoms with Crippen molar-refractivity contribution in [1.82, 2.24) is 5.32 Å². The molecule has 3 heteroatoms. The Bertz CT molecular complexity index is 364. The van der Waals surface area contributed by atoms with Crippen molar-refractivity contribution in [2.24, 2.45) is 5.92 Å². The maximum absolute atomic E-state index is 5.79. The van der Waals surface area contributed by atoms with E-state index in [1.54, 1.807) is 0 Å². The van der Waals surface area contributed by atoms with Gasteiger partial charge < -0.3 is 14.8 Å². The van der Waals surface area contributed by atoms with Crippen LogP contribution in [0.2, 0.25) is 0 Å². The lowest BCUT2D eigenvalue weighted by Gasteiger charge is -2.12. The summed E-state index contributed by atoms with van der Waals surface area (Å²) in [5.41, 5.74) is 2.45. The first-order chi connectivity index (χ1) is 9.13. The summed E-state index contributed by atoms with van der Waals surface area (Å²) in [6.07, 6.45) is 1.11. The van der Waals surface area contributed by atoms with Gasteiger partial charge in [-0.15, -0.1) is 0 Å². The maximum atomic E-state index is 5.79. The van der Waals surface area contributed by atoms with E-state index in [0.29, 0.717) is 19.1 Å². The second-order valence-electron chi connectivity index (χ2n) is 5.28. The van der Waals surface area contributed by atoms with Crippen molar-refractivity contribution in [3.05, 3.63) is 29.3 Å². The third kappa shape index (κ3) is 6.60. The lowest BCUT2D eigenvalue weighted by atomic mass is 10.1. The molecule has 3 nitrogen and oxygen atoms in total. The van der Waals surface area contributed by atoms with Gasteiger partial charge in [-0.2, -0.15) is 0 Å². The summed E-state index contributed by atoms with van der Waals surface area (Å²) in [5, 5.41) is 3.16. The fraction of sp³-hybridized carbons (Fsp3) is 0.625. The normalized spacial score (nSPS) is 11.0. The Balaban J connectivity index is 2.32. The first kappa shape index (κ1) is 16.0. The van der Waals surface area contributed by atoms with E-state index < -0.39 is 0 Å². The molecule has 1 aromatic rings. The second-order valence-corrected chi connectivity index (χ2v) is 5.28. The van der Waals surface area contributed by atoms with Crippen molar-refractivity contribution in [2.45, 2.75) is 33.7 Å². The van der Waals surface area contributed by atoms with Gasteiger partial charge in [-0.25, -0.2) is 0 Å². The standard InChI is InChI=1S/C16H27NO2/c1-13(2)7-8-18-9-10-19-16-6-5-14(3)11-15(16)12-17-4/h5-6,11,13,17H,7-10,12H2,1-4H3. The third-order valence-corrected chi connectivity index (χ3v) is 2.91. The average molecular weight is 265 g/mol. The van der Waals surface area contributed by atoms with Crippen LogP contribution < -0.4 is 10.1 Å². The van der Waals surface area contributed by atoms with Crippen LogP contribution in [0.5, 0.6) is 5.75 Å². The van der Waals surface area contributed by atoms with Crippen molar-refractivity contribution in [2.75, 3.05) is 26.9 Å². The smallest absolute Gasteiger partial charge is 0.123 e. The van der Waals surface area contributed by atoms with Crippen molar-refractivity contribution in [1.29, 1.82) is 0 Å². The molecule has 0 atom stereocenters. The monoisotopic (exact) mass is 265 g/mol. The fourth-order valence-corrected chi connectivity index (χ4v) is 1.81. The Morgan fingerprint density at radius 3 is 2.63 bits per heavy atom. The minimum atomic E-state index is 0.609. The molecule has 0 amide bonds. The summed E-state index contributed by atoms with van der Waals surface area (Å²) in [5.74, 6) is 1.65. The molecule has 1 aromatic carbocycles. The molecule has 0 saturated heterocycles. The van der Waals surface area contributed by atoms with E-state index in [1.165, 1.54) is 11.1 Å². The number of nitrogens with one attached hydrogen (secondary N) is 1. The predicted molar refractivity (Wildman–Crippen MR) is 79.7 cm³/mol. The molecule has 1 rings (SSSR count). The minimum Gasteiger partial charge on any atom is -0.491 e. The van der Waals surface area contributed by atoms with Crippen LogP contribution in [0.25, 0.3) is 0 Å². The summed E-state index contributed by atoms with van der Waals surface area (Å²) in [6.45, 7) is 9.41.